The van der Waals surface area contributed by atoms with Crippen molar-refractivity contribution in [3.8, 4) is 0 Å². The Morgan fingerprint density at radius 1 is 0.893 bits per heavy atom. The zero-order valence-corrected chi connectivity index (χ0v) is 16.5. The first-order valence-electron chi connectivity index (χ1n) is 9.69. The fourth-order valence-electron chi connectivity index (χ4n) is 3.61. The largest absolute Gasteiger partial charge is 0.354 e. The molecular formula is C19H26N8O. The van der Waals surface area contributed by atoms with Crippen LogP contribution in [0.15, 0.2) is 24.7 Å². The molecule has 0 atom stereocenters. The molecule has 0 aliphatic carbocycles. The molecule has 1 amide bonds. The minimum absolute atomic E-state index is 0.0651. The Kier molecular flexibility index (Phi) is 5.34. The lowest BCUT2D eigenvalue weighted by Gasteiger charge is -2.36. The van der Waals surface area contributed by atoms with E-state index in [0.29, 0.717) is 18.8 Å². The van der Waals surface area contributed by atoms with Crippen LogP contribution >= 0.6 is 0 Å². The summed E-state index contributed by atoms with van der Waals surface area (Å²) in [6, 6.07) is 2.08. The third-order valence-electron chi connectivity index (χ3n) is 5.31. The van der Waals surface area contributed by atoms with Crippen LogP contribution in [0.1, 0.15) is 16.3 Å². The van der Waals surface area contributed by atoms with Crippen molar-refractivity contribution in [3.63, 3.8) is 0 Å². The molecule has 0 spiro atoms. The molecule has 0 bridgehead atoms. The van der Waals surface area contributed by atoms with E-state index in [1.165, 1.54) is 6.20 Å². The minimum Gasteiger partial charge on any atom is -0.354 e. The van der Waals surface area contributed by atoms with E-state index in [9.17, 15) is 4.79 Å². The number of piperazine rings is 2. The van der Waals surface area contributed by atoms with Crippen LogP contribution in [0.2, 0.25) is 0 Å². The highest BCUT2D eigenvalue weighted by Crippen LogP contribution is 2.21. The second-order valence-corrected chi connectivity index (χ2v) is 7.29. The molecule has 9 heteroatoms. The normalized spacial score (nSPS) is 18.4. The van der Waals surface area contributed by atoms with Crippen molar-refractivity contribution >= 4 is 17.5 Å². The number of carbonyl (C=O) groups is 1. The van der Waals surface area contributed by atoms with Gasteiger partial charge >= 0.3 is 0 Å². The summed E-state index contributed by atoms with van der Waals surface area (Å²) in [4.78, 5) is 38.7. The van der Waals surface area contributed by atoms with Crippen molar-refractivity contribution in [2.24, 2.45) is 0 Å². The molecule has 2 aliphatic heterocycles. The quantitative estimate of drug-likeness (QED) is 0.749. The van der Waals surface area contributed by atoms with Crippen LogP contribution in [0.25, 0.3) is 0 Å². The van der Waals surface area contributed by atoms with E-state index >= 15 is 0 Å². The second kappa shape index (κ2) is 8.05. The first-order chi connectivity index (χ1) is 13.6. The van der Waals surface area contributed by atoms with Crippen molar-refractivity contribution in [1.82, 2.24) is 29.7 Å². The third-order valence-corrected chi connectivity index (χ3v) is 5.31. The monoisotopic (exact) mass is 382 g/mol. The zero-order chi connectivity index (χ0) is 19.5. The second-order valence-electron chi connectivity index (χ2n) is 7.29. The van der Waals surface area contributed by atoms with E-state index in [2.05, 4.69) is 47.7 Å². The highest BCUT2D eigenvalue weighted by Gasteiger charge is 2.25. The molecule has 2 aromatic rings. The highest BCUT2D eigenvalue weighted by atomic mass is 16.2. The number of aromatic nitrogens is 4. The number of aryl methyl sites for hydroxylation is 1. The van der Waals surface area contributed by atoms with E-state index in [1.807, 2.05) is 11.8 Å². The molecule has 4 heterocycles. The number of rotatable bonds is 3. The number of hydrogen-bond donors (Lipinski definition) is 0. The van der Waals surface area contributed by atoms with Gasteiger partial charge in [-0.3, -0.25) is 9.78 Å². The van der Waals surface area contributed by atoms with Crippen molar-refractivity contribution in [2.75, 3.05) is 69.2 Å². The first kappa shape index (κ1) is 18.5. The summed E-state index contributed by atoms with van der Waals surface area (Å²) in [7, 11) is 2.15. The van der Waals surface area contributed by atoms with E-state index in [4.69, 9.17) is 0 Å². The minimum atomic E-state index is -0.0651. The summed E-state index contributed by atoms with van der Waals surface area (Å²) in [5, 5.41) is 0. The van der Waals surface area contributed by atoms with Crippen LogP contribution in [0, 0.1) is 6.92 Å². The lowest BCUT2D eigenvalue weighted by molar-refractivity contribution is 0.0740. The number of carbonyl (C=O) groups excluding carboxylic acids is 1. The maximum atomic E-state index is 12.6. The van der Waals surface area contributed by atoms with Gasteiger partial charge in [-0.1, -0.05) is 0 Å². The van der Waals surface area contributed by atoms with Crippen LogP contribution in [0.5, 0.6) is 0 Å². The van der Waals surface area contributed by atoms with Gasteiger partial charge in [-0.25, -0.2) is 15.0 Å². The maximum absolute atomic E-state index is 12.6. The van der Waals surface area contributed by atoms with Crippen molar-refractivity contribution in [3.05, 3.63) is 36.2 Å². The summed E-state index contributed by atoms with van der Waals surface area (Å²) in [6.45, 7) is 8.75. The van der Waals surface area contributed by atoms with Gasteiger partial charge in [-0.2, -0.15) is 0 Å². The summed E-state index contributed by atoms with van der Waals surface area (Å²) in [5.41, 5.74) is 0.395. The fourth-order valence-corrected chi connectivity index (χ4v) is 3.61. The number of anilines is 2. The molecule has 2 saturated heterocycles. The van der Waals surface area contributed by atoms with Crippen LogP contribution < -0.4 is 9.80 Å². The Morgan fingerprint density at radius 2 is 1.50 bits per heavy atom. The van der Waals surface area contributed by atoms with Crippen LogP contribution in [0.3, 0.4) is 0 Å². The Balaban J connectivity index is 1.42. The Labute approximate surface area is 165 Å². The van der Waals surface area contributed by atoms with E-state index in [1.54, 1.807) is 12.4 Å². The van der Waals surface area contributed by atoms with Crippen molar-refractivity contribution < 1.29 is 4.79 Å². The number of nitrogens with zero attached hydrogens (tertiary/aromatic N) is 8. The SMILES string of the molecule is Cc1nc(N2CCN(C)CC2)cc(N2CCN(C(=O)c3cnccn3)CC2)n1. The van der Waals surface area contributed by atoms with E-state index in [0.717, 1.165) is 56.7 Å². The molecule has 0 saturated carbocycles. The summed E-state index contributed by atoms with van der Waals surface area (Å²) < 4.78 is 0. The van der Waals surface area contributed by atoms with E-state index < -0.39 is 0 Å². The summed E-state index contributed by atoms with van der Waals surface area (Å²) >= 11 is 0. The standard InChI is InChI=1S/C19H26N8O/c1-15-22-17(25-7-5-24(2)6-8-25)13-18(23-15)26-9-11-27(12-10-26)19(28)16-14-20-3-4-21-16/h3-4,13-14H,5-12H2,1-2H3. The first-order valence-corrected chi connectivity index (χ1v) is 9.69. The van der Waals surface area contributed by atoms with E-state index in [-0.39, 0.29) is 5.91 Å². The summed E-state index contributed by atoms with van der Waals surface area (Å²) in [5.74, 6) is 2.65. The average Bonchev–Trinajstić information content (AvgIpc) is 2.74. The Bertz CT molecular complexity index is 814. The summed E-state index contributed by atoms with van der Waals surface area (Å²) in [6.07, 6.45) is 4.64. The molecule has 0 unspecified atom stereocenters. The predicted molar refractivity (Wildman–Crippen MR) is 107 cm³/mol. The molecule has 0 aromatic carbocycles. The molecule has 9 nitrogen and oxygen atoms in total. The molecule has 4 rings (SSSR count). The number of amides is 1. The zero-order valence-electron chi connectivity index (χ0n) is 16.5. The fraction of sp³-hybridized carbons (Fsp3) is 0.526. The van der Waals surface area contributed by atoms with Crippen molar-refractivity contribution in [1.29, 1.82) is 0 Å². The van der Waals surface area contributed by atoms with Gasteiger partial charge in [0.05, 0.1) is 6.20 Å². The predicted octanol–water partition coefficient (Wildman–Crippen LogP) is 0.289. The third kappa shape index (κ3) is 4.04. The van der Waals surface area contributed by atoms with Gasteiger partial charge in [0.15, 0.2) is 0 Å². The molecule has 2 aliphatic rings. The highest BCUT2D eigenvalue weighted by molar-refractivity contribution is 5.92. The molecule has 0 radical (unpaired) electrons. The molecular weight excluding hydrogens is 356 g/mol. The van der Waals surface area contributed by atoms with Crippen LogP contribution in [0.4, 0.5) is 11.6 Å². The molecule has 148 valence electrons. The van der Waals surface area contributed by atoms with Gasteiger partial charge in [0, 0.05) is 70.8 Å². The van der Waals surface area contributed by atoms with Crippen molar-refractivity contribution in [2.45, 2.75) is 6.92 Å². The molecule has 2 aromatic heterocycles. The Hall–Kier alpha value is -2.81. The van der Waals surface area contributed by atoms with Gasteiger partial charge in [0.25, 0.3) is 5.91 Å². The van der Waals surface area contributed by atoms with Gasteiger partial charge in [-0.05, 0) is 14.0 Å². The topological polar surface area (TPSA) is 81.6 Å². The van der Waals surface area contributed by atoms with Gasteiger partial charge in [-0.15, -0.1) is 0 Å². The average molecular weight is 382 g/mol. The van der Waals surface area contributed by atoms with Gasteiger partial charge < -0.3 is 19.6 Å². The van der Waals surface area contributed by atoms with Gasteiger partial charge in [0.2, 0.25) is 0 Å². The Morgan fingerprint density at radius 3 is 2.07 bits per heavy atom. The van der Waals surface area contributed by atoms with Gasteiger partial charge in [0.1, 0.15) is 23.2 Å². The van der Waals surface area contributed by atoms with Crippen LogP contribution in [-0.4, -0.2) is 95.0 Å². The smallest absolute Gasteiger partial charge is 0.274 e. The number of hydrogen-bond acceptors (Lipinski definition) is 8. The maximum Gasteiger partial charge on any atom is 0.274 e. The molecule has 2 fully saturated rings. The van der Waals surface area contributed by atoms with Crippen LogP contribution in [-0.2, 0) is 0 Å². The molecule has 28 heavy (non-hydrogen) atoms. The lowest BCUT2D eigenvalue weighted by Crippen LogP contribution is -2.49. The lowest BCUT2D eigenvalue weighted by atomic mass is 10.2. The molecule has 0 N–H and O–H groups in total. The number of likely N-dealkylation sites (N-methyl/N-ethyl adjacent to an activating group) is 1.